The highest BCUT2D eigenvalue weighted by atomic mass is 127. The average molecular weight is 520 g/mol. The van der Waals surface area contributed by atoms with E-state index in [4.69, 9.17) is 0 Å². The van der Waals surface area contributed by atoms with Crippen LogP contribution in [0.3, 0.4) is 0 Å². The molecule has 0 amide bonds. The standard InChI is InChI=1S/C18H28N6O2S.HI/c1-5-17-23-22-13-24(17)10-9-20-18(19-6-2)21-12-15-7-8-16(14(3)11-15)27(4,25)26;/h7-8,11,13H,5-6,9-10,12H2,1-4H3,(H2,19,20,21);1H. The van der Waals surface area contributed by atoms with Gasteiger partial charge < -0.3 is 15.2 Å². The van der Waals surface area contributed by atoms with Crippen LogP contribution in [0.5, 0.6) is 0 Å². The second-order valence-corrected chi connectivity index (χ2v) is 8.27. The minimum atomic E-state index is -3.20. The van der Waals surface area contributed by atoms with Gasteiger partial charge in [0.1, 0.15) is 12.2 Å². The second kappa shape index (κ2) is 11.3. The first-order valence-electron chi connectivity index (χ1n) is 9.03. The molecule has 2 rings (SSSR count). The molecule has 0 bridgehead atoms. The lowest BCUT2D eigenvalue weighted by Gasteiger charge is -2.12. The van der Waals surface area contributed by atoms with Crippen LogP contribution in [0.4, 0.5) is 0 Å². The molecule has 10 heteroatoms. The fourth-order valence-electron chi connectivity index (χ4n) is 2.77. The fraction of sp³-hybridized carbons (Fsp3) is 0.500. The highest BCUT2D eigenvalue weighted by Crippen LogP contribution is 2.17. The summed E-state index contributed by atoms with van der Waals surface area (Å²) in [7, 11) is -3.20. The molecule has 0 radical (unpaired) electrons. The highest BCUT2D eigenvalue weighted by molar-refractivity contribution is 14.0. The Hall–Kier alpha value is -1.69. The van der Waals surface area contributed by atoms with Gasteiger partial charge in [-0.05, 0) is 31.0 Å². The zero-order valence-corrected chi connectivity index (χ0v) is 19.9. The van der Waals surface area contributed by atoms with Gasteiger partial charge >= 0.3 is 0 Å². The van der Waals surface area contributed by atoms with Crippen LogP contribution >= 0.6 is 24.0 Å². The smallest absolute Gasteiger partial charge is 0.191 e. The number of sulfone groups is 1. The Morgan fingerprint density at radius 1 is 1.25 bits per heavy atom. The minimum absolute atomic E-state index is 0. The summed E-state index contributed by atoms with van der Waals surface area (Å²) in [4.78, 5) is 4.94. The third-order valence-corrected chi connectivity index (χ3v) is 5.32. The first-order chi connectivity index (χ1) is 12.8. The number of nitrogens with zero attached hydrogens (tertiary/aromatic N) is 4. The van der Waals surface area contributed by atoms with Gasteiger partial charge in [-0.15, -0.1) is 34.2 Å². The van der Waals surface area contributed by atoms with Crippen LogP contribution in [-0.4, -0.2) is 48.5 Å². The van der Waals surface area contributed by atoms with Crippen LogP contribution in [0, 0.1) is 6.92 Å². The summed E-state index contributed by atoms with van der Waals surface area (Å²) in [5.74, 6) is 1.67. The van der Waals surface area contributed by atoms with Crippen LogP contribution in [-0.2, 0) is 29.3 Å². The van der Waals surface area contributed by atoms with E-state index in [0.29, 0.717) is 23.9 Å². The molecule has 8 nitrogen and oxygen atoms in total. The van der Waals surface area contributed by atoms with E-state index in [1.54, 1.807) is 25.4 Å². The molecule has 0 atom stereocenters. The first kappa shape index (κ1) is 24.3. The molecule has 1 heterocycles. The van der Waals surface area contributed by atoms with Crippen molar-refractivity contribution in [1.29, 1.82) is 0 Å². The Balaban J connectivity index is 0.00000392. The Labute approximate surface area is 184 Å². The van der Waals surface area contributed by atoms with Crippen molar-refractivity contribution in [2.45, 2.75) is 45.2 Å². The van der Waals surface area contributed by atoms with Crippen molar-refractivity contribution in [2.24, 2.45) is 4.99 Å². The molecule has 0 saturated carbocycles. The Morgan fingerprint density at radius 3 is 2.61 bits per heavy atom. The van der Waals surface area contributed by atoms with Gasteiger partial charge in [0, 0.05) is 32.3 Å². The van der Waals surface area contributed by atoms with E-state index < -0.39 is 9.84 Å². The van der Waals surface area contributed by atoms with Gasteiger partial charge in [0.2, 0.25) is 0 Å². The lowest BCUT2D eigenvalue weighted by molar-refractivity contribution is 0.601. The molecule has 2 aromatic rings. The van der Waals surface area contributed by atoms with Crippen molar-refractivity contribution in [3.63, 3.8) is 0 Å². The zero-order valence-electron chi connectivity index (χ0n) is 16.8. The average Bonchev–Trinajstić information content (AvgIpc) is 3.06. The number of hydrogen-bond acceptors (Lipinski definition) is 5. The molecule has 0 fully saturated rings. The van der Waals surface area contributed by atoms with Gasteiger partial charge in [-0.2, -0.15) is 0 Å². The van der Waals surface area contributed by atoms with Crippen LogP contribution in [0.15, 0.2) is 34.4 Å². The van der Waals surface area contributed by atoms with Gasteiger partial charge in [0.15, 0.2) is 15.8 Å². The van der Waals surface area contributed by atoms with Crippen molar-refractivity contribution in [3.05, 3.63) is 41.5 Å². The fourth-order valence-corrected chi connectivity index (χ4v) is 3.73. The van der Waals surface area contributed by atoms with Crippen molar-refractivity contribution in [3.8, 4) is 0 Å². The lowest BCUT2D eigenvalue weighted by Crippen LogP contribution is -2.38. The molecule has 2 N–H and O–H groups in total. The third kappa shape index (κ3) is 7.04. The number of hydrogen-bond donors (Lipinski definition) is 2. The second-order valence-electron chi connectivity index (χ2n) is 6.29. The molecular weight excluding hydrogens is 491 g/mol. The summed E-state index contributed by atoms with van der Waals surface area (Å²) in [6.07, 6.45) is 3.80. The molecule has 0 aliphatic carbocycles. The van der Waals surface area contributed by atoms with E-state index in [0.717, 1.165) is 36.5 Å². The predicted octanol–water partition coefficient (Wildman–Crippen LogP) is 1.93. The molecule has 156 valence electrons. The summed E-state index contributed by atoms with van der Waals surface area (Å²) in [5, 5.41) is 14.5. The summed E-state index contributed by atoms with van der Waals surface area (Å²) < 4.78 is 25.5. The number of aromatic nitrogens is 3. The summed E-state index contributed by atoms with van der Waals surface area (Å²) in [6, 6.07) is 5.32. The van der Waals surface area contributed by atoms with Gasteiger partial charge in [-0.1, -0.05) is 19.1 Å². The molecule has 0 aliphatic rings. The molecule has 0 saturated heterocycles. The van der Waals surface area contributed by atoms with Crippen molar-refractivity contribution in [1.82, 2.24) is 25.4 Å². The first-order valence-corrected chi connectivity index (χ1v) is 10.9. The molecule has 0 aliphatic heterocycles. The molecule has 1 aromatic heterocycles. The SMILES string of the molecule is CCNC(=NCc1ccc(S(C)(=O)=O)c(C)c1)NCCn1cnnc1CC.I. The van der Waals surface area contributed by atoms with E-state index in [1.165, 1.54) is 6.26 Å². The van der Waals surface area contributed by atoms with E-state index in [9.17, 15) is 8.42 Å². The van der Waals surface area contributed by atoms with Gasteiger partial charge in [-0.3, -0.25) is 0 Å². The topological polar surface area (TPSA) is 101 Å². The summed E-state index contributed by atoms with van der Waals surface area (Å²) >= 11 is 0. The maximum absolute atomic E-state index is 11.7. The number of benzene rings is 1. The normalized spacial score (nSPS) is 11.8. The van der Waals surface area contributed by atoms with Crippen LogP contribution in [0.25, 0.3) is 0 Å². The molecular formula is C18H29IN6O2S. The number of halogens is 1. The van der Waals surface area contributed by atoms with Gasteiger partial charge in [0.25, 0.3) is 0 Å². The largest absolute Gasteiger partial charge is 0.357 e. The van der Waals surface area contributed by atoms with Crippen molar-refractivity contribution >= 4 is 39.8 Å². The lowest BCUT2D eigenvalue weighted by atomic mass is 10.1. The van der Waals surface area contributed by atoms with E-state index >= 15 is 0 Å². The molecule has 0 spiro atoms. The van der Waals surface area contributed by atoms with Crippen LogP contribution < -0.4 is 10.6 Å². The van der Waals surface area contributed by atoms with Crippen LogP contribution in [0.1, 0.15) is 30.8 Å². The maximum atomic E-state index is 11.7. The quantitative estimate of drug-likeness (QED) is 0.314. The number of guanidine groups is 1. The third-order valence-electron chi connectivity index (χ3n) is 4.06. The Bertz CT molecular complexity index is 895. The van der Waals surface area contributed by atoms with Crippen molar-refractivity contribution in [2.75, 3.05) is 19.3 Å². The van der Waals surface area contributed by atoms with E-state index in [1.807, 2.05) is 17.6 Å². The molecule has 0 unspecified atom stereocenters. The van der Waals surface area contributed by atoms with E-state index in [2.05, 4.69) is 32.7 Å². The summed E-state index contributed by atoms with van der Waals surface area (Å²) in [6.45, 7) is 8.54. The van der Waals surface area contributed by atoms with E-state index in [-0.39, 0.29) is 24.0 Å². The number of aryl methyl sites for hydroxylation is 2. The number of nitrogens with one attached hydrogen (secondary N) is 2. The summed E-state index contributed by atoms with van der Waals surface area (Å²) in [5.41, 5.74) is 1.70. The van der Waals surface area contributed by atoms with Crippen molar-refractivity contribution < 1.29 is 8.42 Å². The maximum Gasteiger partial charge on any atom is 0.191 e. The zero-order chi connectivity index (χ0) is 19.9. The van der Waals surface area contributed by atoms with Gasteiger partial charge in [0.05, 0.1) is 11.4 Å². The Kier molecular flexibility index (Phi) is 9.87. The molecule has 28 heavy (non-hydrogen) atoms. The minimum Gasteiger partial charge on any atom is -0.357 e. The molecule has 1 aromatic carbocycles. The van der Waals surface area contributed by atoms with Crippen LogP contribution in [0.2, 0.25) is 0 Å². The highest BCUT2D eigenvalue weighted by Gasteiger charge is 2.10. The Morgan fingerprint density at radius 2 is 2.00 bits per heavy atom. The number of rotatable bonds is 8. The monoisotopic (exact) mass is 520 g/mol. The van der Waals surface area contributed by atoms with Gasteiger partial charge in [-0.25, -0.2) is 13.4 Å². The predicted molar refractivity (Wildman–Crippen MR) is 122 cm³/mol. The number of aliphatic imine (C=N–C) groups is 1.